The summed E-state index contributed by atoms with van der Waals surface area (Å²) in [6, 6.07) is 7.17. The van der Waals surface area contributed by atoms with Crippen molar-refractivity contribution in [2.24, 2.45) is 0 Å². The number of para-hydroxylation sites is 1. The third kappa shape index (κ3) is 2.97. The van der Waals surface area contributed by atoms with Gasteiger partial charge >= 0.3 is 0 Å². The van der Waals surface area contributed by atoms with Crippen molar-refractivity contribution in [3.63, 3.8) is 0 Å². The molecule has 1 atom stereocenters. The number of carbonyl (C=O) groups excluding carboxylic acids is 1. The highest BCUT2D eigenvalue weighted by molar-refractivity contribution is 5.77. The van der Waals surface area contributed by atoms with Crippen LogP contribution in [0, 0.1) is 0 Å². The summed E-state index contributed by atoms with van der Waals surface area (Å²) >= 11 is 0. The molecule has 1 amide bonds. The Balaban J connectivity index is 2.74. The molecule has 0 aliphatic carbocycles. The fourth-order valence-corrected chi connectivity index (χ4v) is 1.52. The summed E-state index contributed by atoms with van der Waals surface area (Å²) in [5.74, 6) is 0.225. The van der Waals surface area contributed by atoms with Gasteiger partial charge in [-0.25, -0.2) is 0 Å². The molecule has 0 saturated heterocycles. The minimum atomic E-state index is -0.0372. The number of likely N-dealkylation sites (N-methyl/N-ethyl adjacent to an activating group) is 2. The Morgan fingerprint density at radius 1 is 1.50 bits per heavy atom. The van der Waals surface area contributed by atoms with Gasteiger partial charge in [-0.3, -0.25) is 9.69 Å². The third-order valence-corrected chi connectivity index (χ3v) is 2.72. The van der Waals surface area contributed by atoms with Crippen LogP contribution in [0.25, 0.3) is 0 Å². The minimum Gasteiger partial charge on any atom is -0.508 e. The van der Waals surface area contributed by atoms with Crippen molar-refractivity contribution in [2.45, 2.75) is 13.0 Å². The summed E-state index contributed by atoms with van der Waals surface area (Å²) in [5, 5.41) is 12.3. The van der Waals surface area contributed by atoms with Crippen LogP contribution in [0.3, 0.4) is 0 Å². The van der Waals surface area contributed by atoms with E-state index in [9.17, 15) is 9.90 Å². The Labute approximate surface area is 95.9 Å². The number of benzene rings is 1. The van der Waals surface area contributed by atoms with Crippen LogP contribution in [0.5, 0.6) is 5.75 Å². The molecule has 4 heteroatoms. The maximum atomic E-state index is 11.2. The van der Waals surface area contributed by atoms with E-state index in [0.29, 0.717) is 6.54 Å². The zero-order valence-electron chi connectivity index (χ0n) is 9.90. The number of nitrogens with zero attached hydrogens (tertiary/aromatic N) is 1. The molecular weight excluding hydrogens is 204 g/mol. The van der Waals surface area contributed by atoms with Gasteiger partial charge < -0.3 is 10.4 Å². The van der Waals surface area contributed by atoms with Gasteiger partial charge in [-0.05, 0) is 20.0 Å². The molecule has 0 bridgehead atoms. The van der Waals surface area contributed by atoms with Gasteiger partial charge in [-0.15, -0.1) is 0 Å². The van der Waals surface area contributed by atoms with Crippen molar-refractivity contribution in [3.8, 4) is 5.75 Å². The average Bonchev–Trinajstić information content (AvgIpc) is 2.28. The molecule has 0 aliphatic rings. The monoisotopic (exact) mass is 222 g/mol. The lowest BCUT2D eigenvalue weighted by Crippen LogP contribution is -2.34. The molecule has 0 fully saturated rings. The number of aromatic hydroxyl groups is 1. The highest BCUT2D eigenvalue weighted by Crippen LogP contribution is 2.26. The van der Waals surface area contributed by atoms with Gasteiger partial charge in [0.25, 0.3) is 0 Å². The lowest BCUT2D eigenvalue weighted by atomic mass is 10.1. The second-order valence-corrected chi connectivity index (χ2v) is 3.82. The van der Waals surface area contributed by atoms with Crippen molar-refractivity contribution in [3.05, 3.63) is 29.8 Å². The van der Waals surface area contributed by atoms with Crippen LogP contribution in [0.15, 0.2) is 24.3 Å². The van der Waals surface area contributed by atoms with Crippen molar-refractivity contribution in [2.75, 3.05) is 20.6 Å². The van der Waals surface area contributed by atoms with E-state index in [1.54, 1.807) is 19.2 Å². The maximum absolute atomic E-state index is 11.2. The molecule has 4 nitrogen and oxygen atoms in total. The van der Waals surface area contributed by atoms with Crippen LogP contribution in [0.4, 0.5) is 0 Å². The van der Waals surface area contributed by atoms with Gasteiger partial charge in [0.05, 0.1) is 6.54 Å². The molecule has 0 aromatic heterocycles. The van der Waals surface area contributed by atoms with Crippen molar-refractivity contribution in [1.82, 2.24) is 10.2 Å². The summed E-state index contributed by atoms with van der Waals surface area (Å²) in [7, 11) is 3.47. The van der Waals surface area contributed by atoms with Gasteiger partial charge in [0.1, 0.15) is 5.75 Å². The SMILES string of the molecule is CNC(=O)CN(C)C(C)c1ccccc1O. The van der Waals surface area contributed by atoms with Crippen LogP contribution >= 0.6 is 0 Å². The summed E-state index contributed by atoms with van der Waals surface area (Å²) in [4.78, 5) is 13.1. The van der Waals surface area contributed by atoms with Gasteiger partial charge in [-0.1, -0.05) is 18.2 Å². The lowest BCUT2D eigenvalue weighted by Gasteiger charge is -2.24. The zero-order chi connectivity index (χ0) is 12.1. The number of carbonyl (C=O) groups is 1. The number of nitrogens with one attached hydrogen (secondary N) is 1. The first-order valence-electron chi connectivity index (χ1n) is 5.25. The molecule has 1 unspecified atom stereocenters. The van der Waals surface area contributed by atoms with Crippen LogP contribution in [0.2, 0.25) is 0 Å². The Bertz CT molecular complexity index is 366. The molecule has 0 spiro atoms. The molecule has 0 heterocycles. The minimum absolute atomic E-state index is 0.00139. The van der Waals surface area contributed by atoms with Crippen LogP contribution in [-0.2, 0) is 4.79 Å². The van der Waals surface area contributed by atoms with Crippen molar-refractivity contribution in [1.29, 1.82) is 0 Å². The van der Waals surface area contributed by atoms with E-state index in [1.807, 2.05) is 31.0 Å². The Kier molecular flexibility index (Phi) is 4.31. The van der Waals surface area contributed by atoms with Crippen LogP contribution in [0.1, 0.15) is 18.5 Å². The quantitative estimate of drug-likeness (QED) is 0.803. The van der Waals surface area contributed by atoms with E-state index in [1.165, 1.54) is 0 Å². The molecule has 88 valence electrons. The number of phenols is 1. The fourth-order valence-electron chi connectivity index (χ4n) is 1.52. The Morgan fingerprint density at radius 2 is 2.12 bits per heavy atom. The predicted octanol–water partition coefficient (Wildman–Crippen LogP) is 1.13. The molecule has 16 heavy (non-hydrogen) atoms. The molecule has 0 radical (unpaired) electrons. The Hall–Kier alpha value is -1.55. The largest absolute Gasteiger partial charge is 0.508 e. The number of hydrogen-bond acceptors (Lipinski definition) is 3. The highest BCUT2D eigenvalue weighted by Gasteiger charge is 2.16. The van der Waals surface area contributed by atoms with E-state index in [4.69, 9.17) is 0 Å². The predicted molar refractivity (Wildman–Crippen MR) is 63.2 cm³/mol. The topological polar surface area (TPSA) is 52.6 Å². The number of rotatable bonds is 4. The standard InChI is InChI=1S/C12H18N2O2/c1-9(14(3)8-12(16)13-2)10-6-4-5-7-11(10)15/h4-7,9,15H,8H2,1-3H3,(H,13,16). The molecule has 1 rings (SSSR count). The summed E-state index contributed by atoms with van der Waals surface area (Å²) < 4.78 is 0. The van der Waals surface area contributed by atoms with Crippen molar-refractivity contribution < 1.29 is 9.90 Å². The highest BCUT2D eigenvalue weighted by atomic mass is 16.3. The third-order valence-electron chi connectivity index (χ3n) is 2.72. The van der Waals surface area contributed by atoms with E-state index >= 15 is 0 Å². The number of hydrogen-bond donors (Lipinski definition) is 2. The Morgan fingerprint density at radius 3 is 2.69 bits per heavy atom. The number of amides is 1. The van der Waals surface area contributed by atoms with Gasteiger partial charge in [0.15, 0.2) is 0 Å². The first kappa shape index (κ1) is 12.5. The average molecular weight is 222 g/mol. The van der Waals surface area contributed by atoms with Gasteiger partial charge in [-0.2, -0.15) is 0 Å². The molecule has 0 aliphatic heterocycles. The summed E-state index contributed by atoms with van der Waals surface area (Å²) in [5.41, 5.74) is 0.828. The lowest BCUT2D eigenvalue weighted by molar-refractivity contribution is -0.121. The fraction of sp³-hybridized carbons (Fsp3) is 0.417. The molecule has 1 aromatic rings. The first-order valence-corrected chi connectivity index (χ1v) is 5.25. The summed E-state index contributed by atoms with van der Waals surface area (Å²) in [6.45, 7) is 2.27. The van der Waals surface area contributed by atoms with E-state index in [2.05, 4.69) is 5.32 Å². The summed E-state index contributed by atoms with van der Waals surface area (Å²) in [6.07, 6.45) is 0. The second kappa shape index (κ2) is 5.51. The van der Waals surface area contributed by atoms with Gasteiger partial charge in [0, 0.05) is 18.7 Å². The van der Waals surface area contributed by atoms with Gasteiger partial charge in [0.2, 0.25) is 5.91 Å². The maximum Gasteiger partial charge on any atom is 0.233 e. The second-order valence-electron chi connectivity index (χ2n) is 3.82. The zero-order valence-corrected chi connectivity index (χ0v) is 9.90. The molecule has 0 saturated carbocycles. The first-order chi connectivity index (χ1) is 7.56. The van der Waals surface area contributed by atoms with Crippen molar-refractivity contribution >= 4 is 5.91 Å². The van der Waals surface area contributed by atoms with Crippen LogP contribution in [-0.4, -0.2) is 36.6 Å². The normalized spacial score (nSPS) is 12.5. The molecular formula is C12H18N2O2. The number of phenolic OH excluding ortho intramolecular Hbond substituents is 1. The smallest absolute Gasteiger partial charge is 0.233 e. The molecule has 2 N–H and O–H groups in total. The van der Waals surface area contributed by atoms with E-state index in [-0.39, 0.29) is 17.7 Å². The van der Waals surface area contributed by atoms with Crippen LogP contribution < -0.4 is 5.32 Å². The molecule has 1 aromatic carbocycles. The van der Waals surface area contributed by atoms with E-state index in [0.717, 1.165) is 5.56 Å². The van der Waals surface area contributed by atoms with E-state index < -0.39 is 0 Å².